The third kappa shape index (κ3) is 6.99. The van der Waals surface area contributed by atoms with Crippen LogP contribution < -0.4 is 20.3 Å². The number of rotatable bonds is 8. The molecule has 0 bridgehead atoms. The molecule has 3 aromatic rings. The summed E-state index contributed by atoms with van der Waals surface area (Å²) < 4.78 is 6.07. The molecule has 3 atom stereocenters. The summed E-state index contributed by atoms with van der Waals surface area (Å²) in [7, 11) is 0. The first-order valence-corrected chi connectivity index (χ1v) is 18.6. The Kier molecular flexibility index (Phi) is 9.39. The zero-order valence-electron chi connectivity index (χ0n) is 29.1. The van der Waals surface area contributed by atoms with Crippen molar-refractivity contribution in [2.75, 3.05) is 24.5 Å². The molecule has 3 aromatic carbocycles. The molecule has 1 unspecified atom stereocenters. The second-order valence-electron chi connectivity index (χ2n) is 14.7. The van der Waals surface area contributed by atoms with Crippen molar-refractivity contribution in [1.29, 1.82) is 0 Å². The molecule has 0 radical (unpaired) electrons. The van der Waals surface area contributed by atoms with Gasteiger partial charge in [0.2, 0.25) is 17.5 Å². The van der Waals surface area contributed by atoms with Gasteiger partial charge < -0.3 is 15.0 Å². The van der Waals surface area contributed by atoms with E-state index in [4.69, 9.17) is 22.9 Å². The average molecular weight is 735 g/mol. The number of carbonyl (C=O) groups excluding carboxylic acids is 5. The number of carbonyl (C=O) groups is 5. The number of imide groups is 2. The highest BCUT2D eigenvalue weighted by molar-refractivity contribution is 6.33. The summed E-state index contributed by atoms with van der Waals surface area (Å²) in [5.74, 6) is -0.883. The van der Waals surface area contributed by atoms with Crippen molar-refractivity contribution in [2.45, 2.75) is 76.2 Å². The molecule has 0 aromatic heterocycles. The van der Waals surface area contributed by atoms with E-state index in [1.165, 1.54) is 0 Å². The predicted molar refractivity (Wildman–Crippen MR) is 196 cm³/mol. The van der Waals surface area contributed by atoms with Gasteiger partial charge >= 0.3 is 0 Å². The van der Waals surface area contributed by atoms with Gasteiger partial charge in [-0.15, -0.1) is 0 Å². The van der Waals surface area contributed by atoms with Crippen LogP contribution in [0.1, 0.15) is 87.1 Å². The van der Waals surface area contributed by atoms with Crippen molar-refractivity contribution in [2.24, 2.45) is 5.92 Å². The first-order valence-electron chi connectivity index (χ1n) is 18.2. The Morgan fingerprint density at radius 3 is 2.25 bits per heavy atom. The van der Waals surface area contributed by atoms with Gasteiger partial charge in [0, 0.05) is 62.9 Å². The van der Waals surface area contributed by atoms with Gasteiger partial charge in [-0.25, -0.2) is 4.85 Å². The third-order valence-electron chi connectivity index (χ3n) is 11.2. The maximum Gasteiger partial charge on any atom is 0.262 e. The highest BCUT2D eigenvalue weighted by atomic mass is 35.5. The standard InChI is InChI=1S/C40H39ClN6O6/c1-42-34-9-8-30(19-33(34)41)53-29-7-4-27(18-29)43-37(49)24-2-5-28(6-3-24)46-14-12-23(13-15-46)20-45-21-25-16-31-32(17-26(25)22-45)40(52)47(39(31)51)35-10-11-36(48)44-38(35)50/h2-3,5-6,8-9,16-17,19,23,27,29,35H,4,7,10-15,18,20-22H2,(H,43,49)(H,44,48,50)/t27-,29-,35?/m1/s1. The first-order chi connectivity index (χ1) is 25.6. The lowest BCUT2D eigenvalue weighted by atomic mass is 9.95. The molecule has 13 heteroatoms. The Morgan fingerprint density at radius 2 is 1.60 bits per heavy atom. The second-order valence-corrected chi connectivity index (χ2v) is 15.1. The molecule has 1 aliphatic carbocycles. The van der Waals surface area contributed by atoms with Gasteiger partial charge in [-0.05, 0) is 97.7 Å². The van der Waals surface area contributed by atoms with Crippen molar-refractivity contribution in [3.05, 3.63) is 98.9 Å². The van der Waals surface area contributed by atoms with Crippen LogP contribution in [0.5, 0.6) is 5.75 Å². The monoisotopic (exact) mass is 734 g/mol. The van der Waals surface area contributed by atoms with E-state index in [2.05, 4.69) is 25.3 Å². The Bertz CT molecular complexity index is 2010. The SMILES string of the molecule is [C-]#[N+]c1ccc(O[C@@H]2CC[C@@H](NC(=O)c3ccc(N4CCC(CN5Cc6cc7c(cc6C5)C(=O)N(C5CCC(=O)NC5=O)C7=O)CC4)cc3)C2)cc1Cl. The highest BCUT2D eigenvalue weighted by Crippen LogP contribution is 2.35. The minimum atomic E-state index is -0.962. The van der Waals surface area contributed by atoms with E-state index in [0.29, 0.717) is 58.6 Å². The molecule has 4 aliphatic heterocycles. The fourth-order valence-corrected chi connectivity index (χ4v) is 8.63. The van der Waals surface area contributed by atoms with Gasteiger partial charge in [0.1, 0.15) is 17.9 Å². The molecule has 12 nitrogen and oxygen atoms in total. The number of anilines is 1. The number of piperidine rings is 2. The first kappa shape index (κ1) is 34.8. The largest absolute Gasteiger partial charge is 0.490 e. The predicted octanol–water partition coefficient (Wildman–Crippen LogP) is 5.25. The number of nitrogens with zero attached hydrogens (tertiary/aromatic N) is 4. The number of hydrogen-bond acceptors (Lipinski definition) is 8. The lowest BCUT2D eigenvalue weighted by Crippen LogP contribution is -2.54. The zero-order chi connectivity index (χ0) is 36.8. The molecule has 2 N–H and O–H groups in total. The molecule has 5 aliphatic rings. The van der Waals surface area contributed by atoms with Gasteiger partial charge in [-0.3, -0.25) is 39.1 Å². The molecular weight excluding hydrogens is 696 g/mol. The van der Waals surface area contributed by atoms with Gasteiger partial charge in [0.15, 0.2) is 0 Å². The van der Waals surface area contributed by atoms with Crippen molar-refractivity contribution < 1.29 is 28.7 Å². The van der Waals surface area contributed by atoms with Gasteiger partial charge in [0.25, 0.3) is 17.7 Å². The van der Waals surface area contributed by atoms with E-state index in [-0.39, 0.29) is 36.8 Å². The van der Waals surface area contributed by atoms with Crippen LogP contribution in [-0.2, 0) is 22.7 Å². The van der Waals surface area contributed by atoms with Crippen LogP contribution in [0.2, 0.25) is 5.02 Å². The third-order valence-corrected chi connectivity index (χ3v) is 11.5. The van der Waals surface area contributed by atoms with E-state index in [9.17, 15) is 24.0 Å². The topological polar surface area (TPSA) is 133 Å². The normalized spacial score (nSPS) is 23.1. The van der Waals surface area contributed by atoms with Crippen LogP contribution in [0, 0.1) is 12.5 Å². The Balaban J connectivity index is 0.793. The minimum Gasteiger partial charge on any atom is -0.490 e. The maximum absolute atomic E-state index is 13.3. The van der Waals surface area contributed by atoms with Gasteiger partial charge in [0.05, 0.1) is 22.7 Å². The number of halogens is 1. The number of amides is 5. The lowest BCUT2D eigenvalue weighted by Gasteiger charge is -2.35. The number of benzene rings is 3. The van der Waals surface area contributed by atoms with Crippen LogP contribution in [0.15, 0.2) is 54.6 Å². The molecule has 4 heterocycles. The van der Waals surface area contributed by atoms with Crippen LogP contribution in [0.4, 0.5) is 11.4 Å². The van der Waals surface area contributed by atoms with E-state index < -0.39 is 23.8 Å². The fraction of sp³-hybridized carbons (Fsp3) is 0.400. The molecule has 0 spiro atoms. The summed E-state index contributed by atoms with van der Waals surface area (Å²) in [4.78, 5) is 72.8. The maximum atomic E-state index is 13.3. The quantitative estimate of drug-likeness (QED) is 0.237. The summed E-state index contributed by atoms with van der Waals surface area (Å²) in [6.45, 7) is 11.3. The fourth-order valence-electron chi connectivity index (χ4n) is 8.42. The number of fused-ring (bicyclic) bond motifs is 2. The molecule has 5 amide bonds. The van der Waals surface area contributed by atoms with Crippen LogP contribution in [0.25, 0.3) is 4.85 Å². The minimum absolute atomic E-state index is 0.0220. The Morgan fingerprint density at radius 1 is 0.906 bits per heavy atom. The summed E-state index contributed by atoms with van der Waals surface area (Å²) in [5.41, 5.74) is 4.86. The zero-order valence-corrected chi connectivity index (χ0v) is 29.9. The molecule has 272 valence electrons. The van der Waals surface area contributed by atoms with Crippen molar-refractivity contribution in [3.63, 3.8) is 0 Å². The smallest absolute Gasteiger partial charge is 0.262 e. The van der Waals surface area contributed by atoms with Crippen molar-refractivity contribution in [3.8, 4) is 5.75 Å². The number of nitrogens with one attached hydrogen (secondary N) is 2. The average Bonchev–Trinajstić information content (AvgIpc) is 3.83. The van der Waals surface area contributed by atoms with Gasteiger partial charge in [-0.2, -0.15) is 0 Å². The van der Waals surface area contributed by atoms with Crippen LogP contribution >= 0.6 is 11.6 Å². The highest BCUT2D eigenvalue weighted by Gasteiger charge is 2.45. The van der Waals surface area contributed by atoms with E-state index in [1.54, 1.807) is 18.2 Å². The number of ether oxygens (including phenoxy) is 1. The van der Waals surface area contributed by atoms with Crippen molar-refractivity contribution in [1.82, 2.24) is 20.4 Å². The lowest BCUT2D eigenvalue weighted by molar-refractivity contribution is -0.136. The summed E-state index contributed by atoms with van der Waals surface area (Å²) in [6.07, 6.45) is 4.63. The Labute approximate surface area is 312 Å². The van der Waals surface area contributed by atoms with Gasteiger partial charge in [-0.1, -0.05) is 17.7 Å². The Hall–Kier alpha value is -5.25. The van der Waals surface area contributed by atoms with E-state index in [0.717, 1.165) is 67.0 Å². The summed E-state index contributed by atoms with van der Waals surface area (Å²) in [6, 6.07) is 15.6. The van der Waals surface area contributed by atoms with E-state index in [1.807, 2.05) is 36.4 Å². The van der Waals surface area contributed by atoms with Crippen LogP contribution in [0.3, 0.4) is 0 Å². The van der Waals surface area contributed by atoms with Crippen molar-refractivity contribution >= 4 is 52.5 Å². The molecule has 53 heavy (non-hydrogen) atoms. The van der Waals surface area contributed by atoms with Crippen LogP contribution in [-0.4, -0.2) is 77.2 Å². The summed E-state index contributed by atoms with van der Waals surface area (Å²) >= 11 is 6.15. The second kappa shape index (κ2) is 14.3. The molecule has 1 saturated carbocycles. The molecule has 8 rings (SSSR count). The van der Waals surface area contributed by atoms with E-state index >= 15 is 0 Å². The molecular formula is C40H39ClN6O6. The molecule has 3 fully saturated rings. The molecule has 2 saturated heterocycles. The number of hydrogen-bond donors (Lipinski definition) is 2. The summed E-state index contributed by atoms with van der Waals surface area (Å²) in [5, 5.41) is 5.77.